The number of pyridine rings is 1. The van der Waals surface area contributed by atoms with Gasteiger partial charge in [-0.15, -0.1) is 0 Å². The lowest BCUT2D eigenvalue weighted by Gasteiger charge is -2.30. The van der Waals surface area contributed by atoms with Gasteiger partial charge in [-0.1, -0.05) is 36.6 Å². The summed E-state index contributed by atoms with van der Waals surface area (Å²) in [6.07, 6.45) is 8.37. The van der Waals surface area contributed by atoms with E-state index in [1.54, 1.807) is 12.4 Å². The van der Waals surface area contributed by atoms with Gasteiger partial charge in [-0.05, 0) is 54.9 Å². The molecule has 0 amide bonds. The molecular formula is C18H20ClN3S. The van der Waals surface area contributed by atoms with Crippen molar-refractivity contribution < 1.29 is 0 Å². The second-order valence-corrected chi connectivity index (χ2v) is 6.88. The molecule has 1 heterocycles. The molecule has 0 radical (unpaired) electrons. The fourth-order valence-electron chi connectivity index (χ4n) is 3.28. The van der Waals surface area contributed by atoms with Crippen LogP contribution in [0.5, 0.6) is 0 Å². The van der Waals surface area contributed by atoms with Crippen LogP contribution in [-0.4, -0.2) is 16.6 Å². The smallest absolute Gasteiger partial charge is 0.170 e. The van der Waals surface area contributed by atoms with Crippen LogP contribution in [0.25, 0.3) is 0 Å². The molecule has 23 heavy (non-hydrogen) atoms. The molecule has 1 aliphatic rings. The van der Waals surface area contributed by atoms with Gasteiger partial charge in [0.1, 0.15) is 0 Å². The average molecular weight is 346 g/mol. The third kappa shape index (κ3) is 4.01. The SMILES string of the molecule is S=C(NCC1(c2ccc(Cl)cc2)CCCC1)Nc1ccncc1. The summed E-state index contributed by atoms with van der Waals surface area (Å²) < 4.78 is 0. The monoisotopic (exact) mass is 345 g/mol. The van der Waals surface area contributed by atoms with Crippen molar-refractivity contribution in [3.05, 3.63) is 59.4 Å². The first kappa shape index (κ1) is 16.2. The van der Waals surface area contributed by atoms with E-state index in [2.05, 4.69) is 27.8 Å². The zero-order valence-electron chi connectivity index (χ0n) is 12.9. The maximum Gasteiger partial charge on any atom is 0.170 e. The highest BCUT2D eigenvalue weighted by molar-refractivity contribution is 7.80. The number of thiocarbonyl (C=S) groups is 1. The van der Waals surface area contributed by atoms with Crippen molar-refractivity contribution in [2.45, 2.75) is 31.1 Å². The molecule has 3 nitrogen and oxygen atoms in total. The van der Waals surface area contributed by atoms with Gasteiger partial charge < -0.3 is 10.6 Å². The van der Waals surface area contributed by atoms with Crippen LogP contribution in [-0.2, 0) is 5.41 Å². The Labute approximate surface area is 147 Å². The molecule has 1 aromatic heterocycles. The Morgan fingerprint density at radius 1 is 1.09 bits per heavy atom. The number of nitrogens with one attached hydrogen (secondary N) is 2. The number of hydrogen-bond acceptors (Lipinski definition) is 2. The van der Waals surface area contributed by atoms with Crippen LogP contribution in [0.1, 0.15) is 31.2 Å². The summed E-state index contributed by atoms with van der Waals surface area (Å²) in [6.45, 7) is 0.839. The third-order valence-corrected chi connectivity index (χ3v) is 5.04. The van der Waals surface area contributed by atoms with Gasteiger partial charge in [-0.3, -0.25) is 4.98 Å². The van der Waals surface area contributed by atoms with Crippen molar-refractivity contribution in [1.29, 1.82) is 0 Å². The van der Waals surface area contributed by atoms with E-state index in [1.165, 1.54) is 31.2 Å². The summed E-state index contributed by atoms with van der Waals surface area (Å²) in [7, 11) is 0. The summed E-state index contributed by atoms with van der Waals surface area (Å²) in [5.41, 5.74) is 2.44. The van der Waals surface area contributed by atoms with Crippen molar-refractivity contribution in [1.82, 2.24) is 10.3 Å². The normalized spacial score (nSPS) is 16.0. The zero-order valence-corrected chi connectivity index (χ0v) is 14.5. The van der Waals surface area contributed by atoms with E-state index < -0.39 is 0 Å². The molecule has 2 aromatic rings. The largest absolute Gasteiger partial charge is 0.362 e. The van der Waals surface area contributed by atoms with Crippen LogP contribution in [0.15, 0.2) is 48.8 Å². The molecule has 3 rings (SSSR count). The molecule has 1 saturated carbocycles. The van der Waals surface area contributed by atoms with Gasteiger partial charge in [-0.2, -0.15) is 0 Å². The molecular weight excluding hydrogens is 326 g/mol. The zero-order chi connectivity index (χ0) is 16.1. The van der Waals surface area contributed by atoms with E-state index in [4.69, 9.17) is 23.8 Å². The number of halogens is 1. The topological polar surface area (TPSA) is 37.0 Å². The predicted octanol–water partition coefficient (Wildman–Crippen LogP) is 4.53. The van der Waals surface area contributed by atoms with Gasteiger partial charge >= 0.3 is 0 Å². The first-order chi connectivity index (χ1) is 11.2. The summed E-state index contributed by atoms with van der Waals surface area (Å²) in [6, 6.07) is 12.1. The average Bonchev–Trinajstić information content (AvgIpc) is 3.05. The molecule has 0 saturated heterocycles. The maximum atomic E-state index is 6.03. The lowest BCUT2D eigenvalue weighted by atomic mass is 9.79. The minimum atomic E-state index is 0.147. The van der Waals surface area contributed by atoms with E-state index in [9.17, 15) is 0 Å². The number of benzene rings is 1. The second-order valence-electron chi connectivity index (χ2n) is 6.04. The molecule has 2 N–H and O–H groups in total. The Kier molecular flexibility index (Phi) is 5.13. The predicted molar refractivity (Wildman–Crippen MR) is 100 cm³/mol. The standard InChI is InChI=1S/C18H20ClN3S/c19-15-5-3-14(4-6-15)18(9-1-2-10-18)13-21-17(23)22-16-7-11-20-12-8-16/h3-8,11-12H,1-2,9-10,13H2,(H2,20,21,22,23). The van der Waals surface area contributed by atoms with Crippen molar-refractivity contribution in [3.8, 4) is 0 Å². The summed E-state index contributed by atoms with van der Waals surface area (Å²) in [4.78, 5) is 4.00. The van der Waals surface area contributed by atoms with Gasteiger partial charge in [0.05, 0.1) is 0 Å². The summed E-state index contributed by atoms with van der Waals surface area (Å²) >= 11 is 11.5. The summed E-state index contributed by atoms with van der Waals surface area (Å²) in [5, 5.41) is 8.03. The van der Waals surface area contributed by atoms with E-state index in [1.807, 2.05) is 24.3 Å². The number of rotatable bonds is 4. The molecule has 5 heteroatoms. The molecule has 1 fully saturated rings. The molecule has 120 valence electrons. The number of hydrogen-bond donors (Lipinski definition) is 2. The number of anilines is 1. The first-order valence-electron chi connectivity index (χ1n) is 7.89. The van der Waals surface area contributed by atoms with Crippen LogP contribution in [0, 0.1) is 0 Å². The molecule has 0 bridgehead atoms. The molecule has 0 spiro atoms. The van der Waals surface area contributed by atoms with Gasteiger partial charge in [0.2, 0.25) is 0 Å². The van der Waals surface area contributed by atoms with Crippen LogP contribution >= 0.6 is 23.8 Å². The van der Waals surface area contributed by atoms with E-state index >= 15 is 0 Å². The van der Waals surface area contributed by atoms with Gasteiger partial charge in [-0.25, -0.2) is 0 Å². The Morgan fingerprint density at radius 3 is 2.39 bits per heavy atom. The second kappa shape index (κ2) is 7.28. The van der Waals surface area contributed by atoms with Gasteiger partial charge in [0, 0.05) is 35.1 Å². The fraction of sp³-hybridized carbons (Fsp3) is 0.333. The quantitative estimate of drug-likeness (QED) is 0.798. The van der Waals surface area contributed by atoms with E-state index in [-0.39, 0.29) is 5.41 Å². The highest BCUT2D eigenvalue weighted by Gasteiger charge is 2.35. The minimum Gasteiger partial charge on any atom is -0.362 e. The van der Waals surface area contributed by atoms with Crippen LogP contribution < -0.4 is 10.6 Å². The Bertz CT molecular complexity index is 652. The van der Waals surface area contributed by atoms with E-state index in [0.29, 0.717) is 5.11 Å². The van der Waals surface area contributed by atoms with Crippen molar-refractivity contribution in [3.63, 3.8) is 0 Å². The minimum absolute atomic E-state index is 0.147. The Balaban J connectivity index is 1.66. The number of nitrogens with zero attached hydrogens (tertiary/aromatic N) is 1. The van der Waals surface area contributed by atoms with Crippen molar-refractivity contribution >= 4 is 34.6 Å². The van der Waals surface area contributed by atoms with E-state index in [0.717, 1.165) is 17.3 Å². The Morgan fingerprint density at radius 2 is 1.74 bits per heavy atom. The first-order valence-corrected chi connectivity index (χ1v) is 8.68. The molecule has 0 atom stereocenters. The summed E-state index contributed by atoms with van der Waals surface area (Å²) in [5.74, 6) is 0. The highest BCUT2D eigenvalue weighted by Crippen LogP contribution is 2.40. The highest BCUT2D eigenvalue weighted by atomic mass is 35.5. The lowest BCUT2D eigenvalue weighted by Crippen LogP contribution is -2.40. The lowest BCUT2D eigenvalue weighted by molar-refractivity contribution is 0.435. The third-order valence-electron chi connectivity index (χ3n) is 4.54. The van der Waals surface area contributed by atoms with Crippen molar-refractivity contribution in [2.24, 2.45) is 0 Å². The van der Waals surface area contributed by atoms with Crippen LogP contribution in [0.2, 0.25) is 5.02 Å². The van der Waals surface area contributed by atoms with Gasteiger partial charge in [0.15, 0.2) is 5.11 Å². The maximum absolute atomic E-state index is 6.03. The number of aromatic nitrogens is 1. The fourth-order valence-corrected chi connectivity index (χ4v) is 3.60. The molecule has 1 aliphatic carbocycles. The van der Waals surface area contributed by atoms with Gasteiger partial charge in [0.25, 0.3) is 0 Å². The van der Waals surface area contributed by atoms with Crippen LogP contribution in [0.4, 0.5) is 5.69 Å². The van der Waals surface area contributed by atoms with Crippen molar-refractivity contribution in [2.75, 3.05) is 11.9 Å². The molecule has 0 unspecified atom stereocenters. The van der Waals surface area contributed by atoms with Crippen LogP contribution in [0.3, 0.4) is 0 Å². The Hall–Kier alpha value is -1.65. The molecule has 1 aromatic carbocycles. The molecule has 0 aliphatic heterocycles.